The molecule has 1 aromatic rings. The average molecular weight is 337 g/mol. The largest absolute Gasteiger partial charge is 0.398 e. The predicted octanol–water partition coefficient (Wildman–Crippen LogP) is 1.42. The number of nitrogen functional groups attached to an aromatic ring is 1. The van der Waals surface area contributed by atoms with E-state index in [9.17, 15) is 12.6 Å². The zero-order chi connectivity index (χ0) is 14.9. The van der Waals surface area contributed by atoms with Gasteiger partial charge in [-0.1, -0.05) is 11.6 Å². The van der Waals surface area contributed by atoms with Crippen molar-refractivity contribution in [3.63, 3.8) is 0 Å². The normalized spacial score (nSPS) is 23.7. The zero-order valence-electron chi connectivity index (χ0n) is 11.1. The maximum absolute atomic E-state index is 12.3. The molecule has 1 aliphatic rings. The molecule has 8 heteroatoms. The van der Waals surface area contributed by atoms with Crippen molar-refractivity contribution < 1.29 is 12.6 Å². The van der Waals surface area contributed by atoms with Gasteiger partial charge >= 0.3 is 0 Å². The summed E-state index contributed by atoms with van der Waals surface area (Å²) < 4.78 is 38.5. The fourth-order valence-corrected chi connectivity index (χ4v) is 4.98. The minimum atomic E-state index is -3.65. The molecular weight excluding hydrogens is 320 g/mol. The van der Waals surface area contributed by atoms with Crippen LogP contribution in [0.25, 0.3) is 0 Å². The Morgan fingerprint density at radius 1 is 1.35 bits per heavy atom. The molecule has 20 heavy (non-hydrogen) atoms. The molecule has 1 saturated heterocycles. The minimum Gasteiger partial charge on any atom is -0.398 e. The van der Waals surface area contributed by atoms with Crippen LogP contribution in [0.4, 0.5) is 5.69 Å². The van der Waals surface area contributed by atoms with Gasteiger partial charge in [0.2, 0.25) is 10.0 Å². The van der Waals surface area contributed by atoms with E-state index < -0.39 is 20.8 Å². The number of benzene rings is 1. The summed E-state index contributed by atoms with van der Waals surface area (Å²) in [5, 5.41) is 0.329. The monoisotopic (exact) mass is 336 g/mol. The number of sulfonamides is 1. The molecule has 0 radical (unpaired) electrons. The molecule has 5 nitrogen and oxygen atoms in total. The summed E-state index contributed by atoms with van der Waals surface area (Å²) in [7, 11) is -4.47. The van der Waals surface area contributed by atoms with E-state index >= 15 is 0 Å². The Balaban J connectivity index is 2.20. The Hall–Kier alpha value is -0.630. The molecule has 0 aromatic heterocycles. The Bertz CT molecular complexity index is 613. The number of halogens is 1. The van der Waals surface area contributed by atoms with Gasteiger partial charge in [-0.15, -0.1) is 0 Å². The van der Waals surface area contributed by atoms with Crippen LogP contribution >= 0.6 is 11.6 Å². The van der Waals surface area contributed by atoms with Crippen LogP contribution in [0.15, 0.2) is 17.0 Å². The second kappa shape index (κ2) is 6.01. The van der Waals surface area contributed by atoms with E-state index in [1.165, 1.54) is 12.1 Å². The van der Waals surface area contributed by atoms with Crippen molar-refractivity contribution in [2.75, 3.05) is 17.2 Å². The Morgan fingerprint density at radius 3 is 2.50 bits per heavy atom. The summed E-state index contributed by atoms with van der Waals surface area (Å²) >= 11 is 5.97. The topological polar surface area (TPSA) is 89.3 Å². The van der Waals surface area contributed by atoms with Gasteiger partial charge in [0, 0.05) is 39.1 Å². The highest BCUT2D eigenvalue weighted by atomic mass is 35.5. The van der Waals surface area contributed by atoms with E-state index in [1.807, 2.05) is 0 Å². The molecule has 0 spiro atoms. The standard InChI is InChI=1S/C12H17ClN2O3S2/c1-8-11(13)6-10(7-12(8)14)20(17,18)15-9-2-4-19(16)5-3-9/h6-7,9,15H,2-5,14H2,1H3. The van der Waals surface area contributed by atoms with Crippen LogP contribution in [0.3, 0.4) is 0 Å². The van der Waals surface area contributed by atoms with Crippen molar-refractivity contribution in [3.05, 3.63) is 22.7 Å². The van der Waals surface area contributed by atoms with Gasteiger partial charge in [-0.25, -0.2) is 13.1 Å². The molecular formula is C12H17ClN2O3S2. The molecule has 0 unspecified atom stereocenters. The van der Waals surface area contributed by atoms with Crippen LogP contribution in [-0.4, -0.2) is 30.2 Å². The van der Waals surface area contributed by atoms with Crippen molar-refractivity contribution in [2.24, 2.45) is 0 Å². The molecule has 0 saturated carbocycles. The van der Waals surface area contributed by atoms with Gasteiger partial charge in [0.15, 0.2) is 0 Å². The molecule has 0 amide bonds. The number of anilines is 1. The molecule has 2 rings (SSSR count). The Labute approximate surface area is 126 Å². The number of rotatable bonds is 3. The van der Waals surface area contributed by atoms with Crippen LogP contribution in [0.5, 0.6) is 0 Å². The third-order valence-electron chi connectivity index (χ3n) is 3.38. The lowest BCUT2D eigenvalue weighted by Crippen LogP contribution is -2.39. The molecule has 112 valence electrons. The van der Waals surface area contributed by atoms with Crippen LogP contribution < -0.4 is 10.5 Å². The maximum Gasteiger partial charge on any atom is 0.240 e. The first-order valence-corrected chi connectivity index (χ1v) is 9.57. The second-order valence-corrected chi connectivity index (χ2v) is 8.68. The lowest BCUT2D eigenvalue weighted by Gasteiger charge is -2.22. The lowest BCUT2D eigenvalue weighted by molar-refractivity contribution is 0.522. The predicted molar refractivity (Wildman–Crippen MR) is 81.8 cm³/mol. The van der Waals surface area contributed by atoms with Crippen LogP contribution in [0.2, 0.25) is 5.02 Å². The first-order valence-electron chi connectivity index (χ1n) is 6.22. The summed E-state index contributed by atoms with van der Waals surface area (Å²) in [5.74, 6) is 1.06. The third-order valence-corrected chi connectivity index (χ3v) is 6.65. The highest BCUT2D eigenvalue weighted by Crippen LogP contribution is 2.26. The van der Waals surface area contributed by atoms with Crippen molar-refractivity contribution in [1.82, 2.24) is 4.72 Å². The Kier molecular flexibility index (Phi) is 4.73. The van der Waals surface area contributed by atoms with E-state index in [0.717, 1.165) is 0 Å². The van der Waals surface area contributed by atoms with Gasteiger partial charge in [-0.2, -0.15) is 0 Å². The molecule has 1 aliphatic heterocycles. The van der Waals surface area contributed by atoms with Gasteiger partial charge in [-0.3, -0.25) is 4.21 Å². The summed E-state index contributed by atoms with van der Waals surface area (Å²) in [6.07, 6.45) is 1.17. The molecule has 3 N–H and O–H groups in total. The summed E-state index contributed by atoms with van der Waals surface area (Å²) in [4.78, 5) is 0.0669. The quantitative estimate of drug-likeness (QED) is 0.817. The zero-order valence-corrected chi connectivity index (χ0v) is 13.4. The van der Waals surface area contributed by atoms with Crippen molar-refractivity contribution in [2.45, 2.75) is 30.7 Å². The summed E-state index contributed by atoms with van der Waals surface area (Å²) in [6, 6.07) is 2.63. The molecule has 0 bridgehead atoms. The minimum absolute atomic E-state index is 0.0669. The highest BCUT2D eigenvalue weighted by molar-refractivity contribution is 7.89. The highest BCUT2D eigenvalue weighted by Gasteiger charge is 2.24. The molecule has 1 heterocycles. The third kappa shape index (κ3) is 3.52. The molecule has 1 fully saturated rings. The fourth-order valence-electron chi connectivity index (χ4n) is 2.03. The van der Waals surface area contributed by atoms with Gasteiger partial charge in [-0.05, 0) is 37.5 Å². The number of nitrogens with two attached hydrogens (primary N) is 1. The van der Waals surface area contributed by atoms with Gasteiger partial charge in [0.25, 0.3) is 0 Å². The smallest absolute Gasteiger partial charge is 0.240 e. The van der Waals surface area contributed by atoms with Gasteiger partial charge in [0.1, 0.15) is 0 Å². The fraction of sp³-hybridized carbons (Fsp3) is 0.500. The van der Waals surface area contributed by atoms with Crippen molar-refractivity contribution in [1.29, 1.82) is 0 Å². The van der Waals surface area contributed by atoms with Crippen molar-refractivity contribution >= 4 is 38.1 Å². The number of hydrogen-bond donors (Lipinski definition) is 2. The van der Waals surface area contributed by atoms with Gasteiger partial charge in [0.05, 0.1) is 4.90 Å². The van der Waals surface area contributed by atoms with E-state index in [4.69, 9.17) is 17.3 Å². The maximum atomic E-state index is 12.3. The van der Waals surface area contributed by atoms with Crippen LogP contribution in [0.1, 0.15) is 18.4 Å². The van der Waals surface area contributed by atoms with E-state index in [2.05, 4.69) is 4.72 Å². The van der Waals surface area contributed by atoms with E-state index in [0.29, 0.717) is 40.6 Å². The van der Waals surface area contributed by atoms with Crippen molar-refractivity contribution in [3.8, 4) is 0 Å². The first-order chi connectivity index (χ1) is 9.29. The first kappa shape index (κ1) is 15.8. The van der Waals surface area contributed by atoms with E-state index in [-0.39, 0.29) is 10.9 Å². The van der Waals surface area contributed by atoms with E-state index in [1.54, 1.807) is 6.92 Å². The average Bonchev–Trinajstić information content (AvgIpc) is 2.38. The van der Waals surface area contributed by atoms with Crippen LogP contribution in [0, 0.1) is 6.92 Å². The molecule has 0 atom stereocenters. The lowest BCUT2D eigenvalue weighted by atomic mass is 10.2. The SMILES string of the molecule is Cc1c(N)cc(S(=O)(=O)NC2CCS(=O)CC2)cc1Cl. The van der Waals surface area contributed by atoms with Gasteiger partial charge < -0.3 is 5.73 Å². The second-order valence-electron chi connectivity index (χ2n) is 4.86. The summed E-state index contributed by atoms with van der Waals surface area (Å²) in [5.41, 5.74) is 6.77. The van der Waals surface area contributed by atoms with Crippen LogP contribution in [-0.2, 0) is 20.8 Å². The summed E-state index contributed by atoms with van der Waals surface area (Å²) in [6.45, 7) is 1.73. The molecule has 1 aromatic carbocycles. The number of hydrogen-bond acceptors (Lipinski definition) is 4. The Morgan fingerprint density at radius 2 is 1.95 bits per heavy atom. The molecule has 0 aliphatic carbocycles. The number of nitrogens with one attached hydrogen (secondary N) is 1.